The second-order valence-corrected chi connectivity index (χ2v) is 16.3. The number of fused-ring (bicyclic) bond motifs is 4. The molecule has 9 nitrogen and oxygen atoms in total. The van der Waals surface area contributed by atoms with Crippen LogP contribution in [0.5, 0.6) is 0 Å². The predicted molar refractivity (Wildman–Crippen MR) is 149 cm³/mol. The highest BCUT2D eigenvalue weighted by Gasteiger charge is 2.85. The second-order valence-electron chi connectivity index (χ2n) is 16.3. The van der Waals surface area contributed by atoms with Gasteiger partial charge in [0.25, 0.3) is 0 Å². The molecule has 0 aromatic carbocycles. The van der Waals surface area contributed by atoms with Crippen molar-refractivity contribution in [3.8, 4) is 0 Å². The minimum atomic E-state index is -1.30. The third-order valence-corrected chi connectivity index (χ3v) is 14.5. The van der Waals surface area contributed by atoms with Gasteiger partial charge in [-0.3, -0.25) is 9.59 Å². The Morgan fingerprint density at radius 2 is 1.67 bits per heavy atom. The summed E-state index contributed by atoms with van der Waals surface area (Å²) in [5.41, 5.74) is -0.411. The van der Waals surface area contributed by atoms with Gasteiger partial charge in [-0.15, -0.1) is 0 Å². The van der Waals surface area contributed by atoms with E-state index in [1.165, 1.54) is 6.92 Å². The number of hydrogen-bond acceptors (Lipinski definition) is 9. The van der Waals surface area contributed by atoms with E-state index in [4.69, 9.17) is 18.9 Å². The van der Waals surface area contributed by atoms with Crippen molar-refractivity contribution in [3.63, 3.8) is 0 Å². The topological polar surface area (TPSA) is 132 Å². The highest BCUT2D eigenvalue weighted by Crippen LogP contribution is 2.89. The molecule has 2 heterocycles. The lowest BCUT2D eigenvalue weighted by molar-refractivity contribution is -0.303. The van der Waals surface area contributed by atoms with Crippen LogP contribution in [0.25, 0.3) is 0 Å². The third-order valence-electron chi connectivity index (χ3n) is 14.5. The first-order valence-corrected chi connectivity index (χ1v) is 16.3. The second kappa shape index (κ2) is 9.15. The molecule has 3 N–H and O–H groups in total. The lowest BCUT2D eigenvalue weighted by atomic mass is 9.41. The highest BCUT2D eigenvalue weighted by molar-refractivity contribution is 5.71. The molecule has 0 amide bonds. The number of rotatable bonds is 3. The van der Waals surface area contributed by atoms with Crippen LogP contribution in [0.15, 0.2) is 0 Å². The van der Waals surface area contributed by atoms with Crippen LogP contribution in [0.1, 0.15) is 92.9 Å². The van der Waals surface area contributed by atoms with Crippen molar-refractivity contribution in [2.24, 2.45) is 50.7 Å². The molecule has 7 rings (SSSR count). The quantitative estimate of drug-likeness (QED) is 0.334. The smallest absolute Gasteiger partial charge is 0.306 e. The zero-order chi connectivity index (χ0) is 30.2. The molecule has 0 unspecified atom stereocenters. The summed E-state index contributed by atoms with van der Waals surface area (Å²) in [6.07, 6.45) is 1.99. The summed E-state index contributed by atoms with van der Waals surface area (Å²) < 4.78 is 24.5. The standard InChI is InChI=1S/C33H50O9/c1-16-11-24(36)41-19-12-30(5)21-8-7-20-29(3,4)22(42-28-27(38)26(37)18(35)14-39-28)9-10-32(20)15-33(21,32)13-23(40-17(2)34)31(30,6)25(16)19/h16,18-23,25-28,35,37-38H,7-15H2,1-6H3/t16-,18-,19+,20-,21+,22+,23-,25+,26+,27-,28+,30+,31-,32-,33+/m1/s1. The van der Waals surface area contributed by atoms with Gasteiger partial charge in [0.05, 0.1) is 12.7 Å². The summed E-state index contributed by atoms with van der Waals surface area (Å²) in [6, 6.07) is 0. The number of aliphatic hydroxyl groups excluding tert-OH is 3. The van der Waals surface area contributed by atoms with Gasteiger partial charge in [-0.2, -0.15) is 0 Å². The van der Waals surface area contributed by atoms with E-state index < -0.39 is 24.6 Å². The van der Waals surface area contributed by atoms with Crippen LogP contribution in [0.4, 0.5) is 0 Å². The van der Waals surface area contributed by atoms with Gasteiger partial charge in [0.15, 0.2) is 6.29 Å². The van der Waals surface area contributed by atoms with E-state index in [-0.39, 0.29) is 75.8 Å². The first kappa shape index (κ1) is 29.5. The number of carbonyl (C=O) groups excluding carboxylic acids is 2. The molecule has 7 fully saturated rings. The predicted octanol–water partition coefficient (Wildman–Crippen LogP) is 3.35. The van der Waals surface area contributed by atoms with Gasteiger partial charge < -0.3 is 34.3 Å². The minimum Gasteiger partial charge on any atom is -0.462 e. The molecule has 7 aliphatic rings. The van der Waals surface area contributed by atoms with Crippen LogP contribution < -0.4 is 0 Å². The van der Waals surface area contributed by atoms with E-state index in [9.17, 15) is 24.9 Å². The lowest BCUT2D eigenvalue weighted by Gasteiger charge is -2.65. The van der Waals surface area contributed by atoms with Crippen molar-refractivity contribution in [2.45, 2.75) is 136 Å². The summed E-state index contributed by atoms with van der Waals surface area (Å²) in [4.78, 5) is 25.2. The van der Waals surface area contributed by atoms with Gasteiger partial charge in [0.2, 0.25) is 0 Å². The van der Waals surface area contributed by atoms with Crippen LogP contribution in [0.3, 0.4) is 0 Å². The van der Waals surface area contributed by atoms with Crippen molar-refractivity contribution in [2.75, 3.05) is 6.61 Å². The van der Waals surface area contributed by atoms with Gasteiger partial charge in [0.1, 0.15) is 30.5 Å². The number of carbonyl (C=O) groups is 2. The Hall–Kier alpha value is -1.26. The molecule has 9 heteroatoms. The van der Waals surface area contributed by atoms with Crippen LogP contribution >= 0.6 is 0 Å². The van der Waals surface area contributed by atoms with Gasteiger partial charge in [-0.25, -0.2) is 0 Å². The lowest BCUT2D eigenvalue weighted by Crippen LogP contribution is -2.63. The van der Waals surface area contributed by atoms with Crippen LogP contribution in [-0.4, -0.2) is 76.8 Å². The maximum absolute atomic E-state index is 12.6. The molecular weight excluding hydrogens is 540 g/mol. The Labute approximate surface area is 249 Å². The van der Waals surface area contributed by atoms with Gasteiger partial charge in [-0.1, -0.05) is 34.6 Å². The van der Waals surface area contributed by atoms with Gasteiger partial charge in [0, 0.05) is 24.7 Å². The van der Waals surface area contributed by atoms with Crippen LogP contribution in [-0.2, 0) is 28.5 Å². The van der Waals surface area contributed by atoms with Crippen LogP contribution in [0, 0.1) is 50.7 Å². The molecule has 0 bridgehead atoms. The normalized spacial score (nSPS) is 57.5. The molecule has 42 heavy (non-hydrogen) atoms. The average molecular weight is 591 g/mol. The van der Waals surface area contributed by atoms with E-state index in [2.05, 4.69) is 34.6 Å². The van der Waals surface area contributed by atoms with Crippen LogP contribution in [0.2, 0.25) is 0 Å². The molecule has 2 saturated heterocycles. The molecule has 236 valence electrons. The zero-order valence-corrected chi connectivity index (χ0v) is 26.0. The number of esters is 2. The maximum atomic E-state index is 12.6. The number of hydrogen-bond donors (Lipinski definition) is 3. The summed E-state index contributed by atoms with van der Waals surface area (Å²) in [5.74, 6) is 0.869. The molecule has 2 aliphatic heterocycles. The third kappa shape index (κ3) is 3.55. The molecular formula is C33H50O9. The van der Waals surface area contributed by atoms with Crippen molar-refractivity contribution >= 4 is 11.9 Å². The van der Waals surface area contributed by atoms with Crippen molar-refractivity contribution in [3.05, 3.63) is 0 Å². The fourth-order valence-electron chi connectivity index (χ4n) is 12.8. The average Bonchev–Trinajstić information content (AvgIpc) is 3.48. The SMILES string of the molecule is CC(=O)O[C@@H]1C[C@@]23C[C@@]24CC[C@H](O[C@@H]2OC[C@@H](O)[C@H](O)[C@H]2O)C(C)(C)[C@H]4CC[C@H]3[C@]2(C)C[C@@H]3OC(=O)C[C@@H](C)[C@@H]3[C@@]12C. The Kier molecular flexibility index (Phi) is 6.42. The van der Waals surface area contributed by atoms with Crippen molar-refractivity contribution in [1.82, 2.24) is 0 Å². The van der Waals surface area contributed by atoms with E-state index in [1.54, 1.807) is 0 Å². The summed E-state index contributed by atoms with van der Waals surface area (Å²) >= 11 is 0. The van der Waals surface area contributed by atoms with E-state index >= 15 is 0 Å². The highest BCUT2D eigenvalue weighted by atomic mass is 16.7. The molecule has 0 aromatic heterocycles. The molecule has 0 aromatic rings. The fraction of sp³-hybridized carbons (Fsp3) is 0.939. The molecule has 2 spiro atoms. The zero-order valence-electron chi connectivity index (χ0n) is 26.0. The Bertz CT molecular complexity index is 1160. The van der Waals surface area contributed by atoms with E-state index in [0.29, 0.717) is 18.3 Å². The summed E-state index contributed by atoms with van der Waals surface area (Å²) in [7, 11) is 0. The molecule has 5 aliphatic carbocycles. The first-order chi connectivity index (χ1) is 19.6. The van der Waals surface area contributed by atoms with Gasteiger partial charge >= 0.3 is 11.9 Å². The molecule has 15 atom stereocenters. The summed E-state index contributed by atoms with van der Waals surface area (Å²) in [6.45, 7) is 12.9. The Morgan fingerprint density at radius 3 is 2.38 bits per heavy atom. The number of ether oxygens (including phenoxy) is 4. The van der Waals surface area contributed by atoms with Gasteiger partial charge in [-0.05, 0) is 84.4 Å². The maximum Gasteiger partial charge on any atom is 0.306 e. The first-order valence-electron chi connectivity index (χ1n) is 16.3. The minimum absolute atomic E-state index is 0.0639. The summed E-state index contributed by atoms with van der Waals surface area (Å²) in [5, 5.41) is 30.7. The van der Waals surface area contributed by atoms with Crippen molar-refractivity contribution < 1.29 is 43.9 Å². The van der Waals surface area contributed by atoms with E-state index in [0.717, 1.165) is 44.9 Å². The largest absolute Gasteiger partial charge is 0.462 e. The molecule has 5 saturated carbocycles. The Morgan fingerprint density at radius 1 is 0.952 bits per heavy atom. The fourth-order valence-corrected chi connectivity index (χ4v) is 12.8. The molecule has 0 radical (unpaired) electrons. The monoisotopic (exact) mass is 590 g/mol. The number of aliphatic hydroxyl groups is 3. The Balaban J connectivity index is 1.21. The van der Waals surface area contributed by atoms with Crippen molar-refractivity contribution in [1.29, 1.82) is 0 Å². The van der Waals surface area contributed by atoms with E-state index in [1.807, 2.05) is 0 Å².